The van der Waals surface area contributed by atoms with Crippen molar-refractivity contribution in [2.75, 3.05) is 0 Å². The number of alkyl halides is 3. The Labute approximate surface area is 94.6 Å². The molecule has 0 aromatic heterocycles. The molecule has 6 heteroatoms. The molecule has 1 rings (SSSR count). The molecule has 0 aliphatic heterocycles. The van der Waals surface area contributed by atoms with Gasteiger partial charge in [-0.2, -0.15) is 18.4 Å². The number of nitrogens with zero attached hydrogens (tertiary/aromatic N) is 1. The Morgan fingerprint density at radius 3 is 2.29 bits per heavy atom. The molecule has 2 N–H and O–H groups in total. The van der Waals surface area contributed by atoms with E-state index < -0.39 is 17.6 Å². The van der Waals surface area contributed by atoms with Gasteiger partial charge in [0.1, 0.15) is 0 Å². The first kappa shape index (κ1) is 12.6. The molecule has 0 atom stereocenters. The lowest BCUT2D eigenvalue weighted by Gasteiger charge is -2.07. The normalized spacial score (nSPS) is 10.0. The van der Waals surface area contributed by atoms with Crippen LogP contribution >= 0.6 is 0 Å². The van der Waals surface area contributed by atoms with Gasteiger partial charge in [-0.05, 0) is 24.1 Å². The van der Waals surface area contributed by atoms with E-state index in [9.17, 15) is 18.0 Å². The van der Waals surface area contributed by atoms with E-state index in [0.717, 1.165) is 12.1 Å². The van der Waals surface area contributed by atoms with Crippen LogP contribution in [0, 0.1) is 23.2 Å². The van der Waals surface area contributed by atoms with E-state index in [4.69, 9.17) is 11.0 Å². The van der Waals surface area contributed by atoms with Gasteiger partial charge in [0, 0.05) is 5.56 Å². The van der Waals surface area contributed by atoms with Crippen molar-refractivity contribution in [3.8, 4) is 17.9 Å². The smallest absolute Gasteiger partial charge is 0.359 e. The molecule has 0 aliphatic carbocycles. The Hall–Kier alpha value is -2.47. The standard InChI is InChI=1S/C11H5F3N2O/c12-11(13,14)9-4-7(1-2-10(16)17)3-8(5-9)6-15/h3-5H,(H2,16,17). The first-order chi connectivity index (χ1) is 7.82. The number of rotatable bonds is 0. The lowest BCUT2D eigenvalue weighted by atomic mass is 10.1. The van der Waals surface area contributed by atoms with Gasteiger partial charge in [0.25, 0.3) is 5.91 Å². The van der Waals surface area contributed by atoms with Gasteiger partial charge in [0.15, 0.2) is 0 Å². The van der Waals surface area contributed by atoms with Gasteiger partial charge >= 0.3 is 6.18 Å². The van der Waals surface area contributed by atoms with E-state index >= 15 is 0 Å². The second-order valence-corrected chi connectivity index (χ2v) is 3.02. The number of hydrogen-bond donors (Lipinski definition) is 1. The first-order valence-electron chi connectivity index (χ1n) is 4.27. The summed E-state index contributed by atoms with van der Waals surface area (Å²) in [5.74, 6) is 3.10. The first-order valence-corrected chi connectivity index (χ1v) is 4.27. The Morgan fingerprint density at radius 2 is 1.82 bits per heavy atom. The van der Waals surface area contributed by atoms with E-state index in [-0.39, 0.29) is 11.1 Å². The summed E-state index contributed by atoms with van der Waals surface area (Å²) >= 11 is 0. The summed E-state index contributed by atoms with van der Waals surface area (Å²) in [5.41, 5.74) is 3.47. The van der Waals surface area contributed by atoms with Crippen LogP contribution < -0.4 is 5.73 Å². The van der Waals surface area contributed by atoms with E-state index in [0.29, 0.717) is 6.07 Å². The number of primary amides is 1. The average molecular weight is 238 g/mol. The van der Waals surface area contributed by atoms with Gasteiger partial charge in [0.05, 0.1) is 17.2 Å². The highest BCUT2D eigenvalue weighted by molar-refractivity contribution is 5.92. The van der Waals surface area contributed by atoms with Gasteiger partial charge in [-0.3, -0.25) is 4.79 Å². The molecule has 0 spiro atoms. The Morgan fingerprint density at radius 1 is 1.24 bits per heavy atom. The molecule has 86 valence electrons. The Bertz CT molecular complexity index is 559. The second-order valence-electron chi connectivity index (χ2n) is 3.02. The number of nitrogens with two attached hydrogens (primary N) is 1. The van der Waals surface area contributed by atoms with Crippen molar-refractivity contribution in [1.82, 2.24) is 0 Å². The van der Waals surface area contributed by atoms with Crippen molar-refractivity contribution >= 4 is 5.91 Å². The largest absolute Gasteiger partial charge is 0.416 e. The topological polar surface area (TPSA) is 66.9 Å². The number of carbonyl (C=O) groups is 1. The summed E-state index contributed by atoms with van der Waals surface area (Å²) in [6.45, 7) is 0. The second kappa shape index (κ2) is 4.58. The minimum Gasteiger partial charge on any atom is -0.359 e. The lowest BCUT2D eigenvalue weighted by Crippen LogP contribution is -2.07. The van der Waals surface area contributed by atoms with E-state index in [1.54, 1.807) is 6.07 Å². The fourth-order valence-corrected chi connectivity index (χ4v) is 1.06. The van der Waals surface area contributed by atoms with Crippen LogP contribution in [0.15, 0.2) is 18.2 Å². The van der Waals surface area contributed by atoms with Gasteiger partial charge in [0.2, 0.25) is 0 Å². The molecule has 0 saturated carbocycles. The summed E-state index contributed by atoms with van der Waals surface area (Å²) in [6.07, 6.45) is -4.57. The zero-order valence-corrected chi connectivity index (χ0v) is 8.30. The van der Waals surface area contributed by atoms with Crippen molar-refractivity contribution in [3.05, 3.63) is 34.9 Å². The molecule has 0 unspecified atom stereocenters. The maximum Gasteiger partial charge on any atom is 0.416 e. The number of halogens is 3. The van der Waals surface area contributed by atoms with Crippen LogP contribution in [0.2, 0.25) is 0 Å². The van der Waals surface area contributed by atoms with Gasteiger partial charge in [-0.25, -0.2) is 0 Å². The maximum atomic E-state index is 12.4. The quantitative estimate of drug-likeness (QED) is 0.694. The maximum absolute atomic E-state index is 12.4. The van der Waals surface area contributed by atoms with Crippen LogP contribution in [-0.4, -0.2) is 5.91 Å². The zero-order chi connectivity index (χ0) is 13.1. The molecule has 0 radical (unpaired) electrons. The summed E-state index contributed by atoms with van der Waals surface area (Å²) < 4.78 is 37.3. The highest BCUT2D eigenvalue weighted by Crippen LogP contribution is 2.30. The van der Waals surface area contributed by atoms with Crippen LogP contribution in [-0.2, 0) is 11.0 Å². The average Bonchev–Trinajstić information content (AvgIpc) is 2.24. The molecular formula is C11H5F3N2O. The lowest BCUT2D eigenvalue weighted by molar-refractivity contribution is -0.137. The van der Waals surface area contributed by atoms with Gasteiger partial charge in [-0.15, -0.1) is 0 Å². The third-order valence-corrected chi connectivity index (χ3v) is 1.72. The van der Waals surface area contributed by atoms with Gasteiger partial charge < -0.3 is 5.73 Å². The summed E-state index contributed by atoms with van der Waals surface area (Å²) in [4.78, 5) is 10.4. The Balaban J connectivity index is 3.32. The SMILES string of the molecule is N#Cc1cc(C#CC(N)=O)cc(C(F)(F)F)c1. The number of hydrogen-bond acceptors (Lipinski definition) is 2. The number of benzene rings is 1. The Kier molecular flexibility index (Phi) is 3.40. The monoisotopic (exact) mass is 238 g/mol. The van der Waals surface area contributed by atoms with E-state index in [1.807, 2.05) is 5.92 Å². The van der Waals surface area contributed by atoms with Crippen LogP contribution in [0.3, 0.4) is 0 Å². The minimum absolute atomic E-state index is 0.0878. The predicted molar refractivity (Wildman–Crippen MR) is 52.2 cm³/mol. The molecular weight excluding hydrogens is 233 g/mol. The van der Waals surface area contributed by atoms with Crippen molar-refractivity contribution in [2.45, 2.75) is 6.18 Å². The van der Waals surface area contributed by atoms with Crippen LogP contribution in [0.5, 0.6) is 0 Å². The number of carbonyl (C=O) groups excluding carboxylic acids is 1. The molecule has 0 fully saturated rings. The predicted octanol–water partition coefficient (Wildman–Crippen LogP) is 1.41. The molecule has 0 aliphatic rings. The van der Waals surface area contributed by atoms with Crippen molar-refractivity contribution in [1.29, 1.82) is 5.26 Å². The fraction of sp³-hybridized carbons (Fsp3) is 0.0909. The molecule has 1 aromatic rings. The van der Waals surface area contributed by atoms with Crippen LogP contribution in [0.1, 0.15) is 16.7 Å². The summed E-state index contributed by atoms with van der Waals surface area (Å²) in [7, 11) is 0. The molecule has 0 heterocycles. The highest BCUT2D eigenvalue weighted by Gasteiger charge is 2.31. The molecule has 1 amide bonds. The van der Waals surface area contributed by atoms with Crippen molar-refractivity contribution in [2.24, 2.45) is 5.73 Å². The van der Waals surface area contributed by atoms with Crippen LogP contribution in [0.25, 0.3) is 0 Å². The molecule has 0 bridgehead atoms. The van der Waals surface area contributed by atoms with Gasteiger partial charge in [-0.1, -0.05) is 5.92 Å². The van der Waals surface area contributed by atoms with Crippen LogP contribution in [0.4, 0.5) is 13.2 Å². The molecule has 0 saturated heterocycles. The zero-order valence-electron chi connectivity index (χ0n) is 8.30. The third-order valence-electron chi connectivity index (χ3n) is 1.72. The van der Waals surface area contributed by atoms with E-state index in [2.05, 4.69) is 5.92 Å². The van der Waals surface area contributed by atoms with Crippen molar-refractivity contribution < 1.29 is 18.0 Å². The molecule has 3 nitrogen and oxygen atoms in total. The molecule has 17 heavy (non-hydrogen) atoms. The number of nitriles is 1. The highest BCUT2D eigenvalue weighted by atomic mass is 19.4. The van der Waals surface area contributed by atoms with Crippen molar-refractivity contribution in [3.63, 3.8) is 0 Å². The third kappa shape index (κ3) is 3.54. The number of amides is 1. The molecule has 1 aromatic carbocycles. The minimum atomic E-state index is -4.57. The summed E-state index contributed by atoms with van der Waals surface area (Å²) in [6, 6.07) is 4.18. The van der Waals surface area contributed by atoms with E-state index in [1.165, 1.54) is 0 Å². The fourth-order valence-electron chi connectivity index (χ4n) is 1.06. The summed E-state index contributed by atoms with van der Waals surface area (Å²) in [5, 5.41) is 8.57.